The Morgan fingerprint density at radius 2 is 2.07 bits per heavy atom. The van der Waals surface area contributed by atoms with Crippen LogP contribution in [0.3, 0.4) is 0 Å². The molecular weight excluding hydrogens is 394 g/mol. The van der Waals surface area contributed by atoms with E-state index in [0.29, 0.717) is 27.7 Å². The smallest absolute Gasteiger partial charge is 0.306 e. The molecule has 0 bridgehead atoms. The first-order valence-corrected chi connectivity index (χ1v) is 9.44. The fraction of sp³-hybridized carbons (Fsp3) is 0.278. The second-order valence-corrected chi connectivity index (χ2v) is 7.28. The van der Waals surface area contributed by atoms with Gasteiger partial charge in [-0.1, -0.05) is 11.6 Å². The van der Waals surface area contributed by atoms with E-state index >= 15 is 0 Å². The molecule has 27 heavy (non-hydrogen) atoms. The van der Waals surface area contributed by atoms with Crippen LogP contribution < -0.4 is 4.74 Å². The van der Waals surface area contributed by atoms with Gasteiger partial charge in [-0.3, -0.25) is 14.9 Å². The molecule has 1 aliphatic rings. The van der Waals surface area contributed by atoms with Crippen molar-refractivity contribution in [3.63, 3.8) is 0 Å². The lowest BCUT2D eigenvalue weighted by Gasteiger charge is -2.20. The fourth-order valence-corrected chi connectivity index (χ4v) is 3.47. The van der Waals surface area contributed by atoms with Crippen molar-refractivity contribution in [2.24, 2.45) is 0 Å². The van der Waals surface area contributed by atoms with Crippen LogP contribution in [0.2, 0.25) is 5.02 Å². The summed E-state index contributed by atoms with van der Waals surface area (Å²) >= 11 is 7.35. The van der Waals surface area contributed by atoms with E-state index in [2.05, 4.69) is 0 Å². The van der Waals surface area contributed by atoms with Gasteiger partial charge in [0.15, 0.2) is 6.79 Å². The average molecular weight is 410 g/mol. The number of rotatable bonds is 7. The summed E-state index contributed by atoms with van der Waals surface area (Å²) in [6.45, 7) is 0.188. The Bertz CT molecular complexity index is 842. The number of thioether (sulfide) groups is 1. The van der Waals surface area contributed by atoms with E-state index < -0.39 is 4.92 Å². The number of benzene rings is 2. The highest BCUT2D eigenvalue weighted by molar-refractivity contribution is 7.99. The SMILES string of the molecule is O=C(CCSc1ccc(Cl)cc1)OCc1cc([N+](=O)[O-])cc2c1OCOC2. The van der Waals surface area contributed by atoms with E-state index in [1.807, 2.05) is 12.1 Å². The van der Waals surface area contributed by atoms with Gasteiger partial charge in [0.2, 0.25) is 0 Å². The van der Waals surface area contributed by atoms with Crippen LogP contribution in [0.1, 0.15) is 17.5 Å². The van der Waals surface area contributed by atoms with Crippen molar-refractivity contribution in [2.75, 3.05) is 12.5 Å². The van der Waals surface area contributed by atoms with E-state index in [0.717, 1.165) is 4.90 Å². The van der Waals surface area contributed by atoms with Crippen LogP contribution in [0.15, 0.2) is 41.3 Å². The number of nitro benzene ring substituents is 1. The molecule has 7 nitrogen and oxygen atoms in total. The zero-order valence-corrected chi connectivity index (χ0v) is 15.8. The zero-order chi connectivity index (χ0) is 19.2. The van der Waals surface area contributed by atoms with Gasteiger partial charge >= 0.3 is 5.97 Å². The minimum absolute atomic E-state index is 0.0590. The number of ether oxygens (including phenoxy) is 3. The predicted molar refractivity (Wildman–Crippen MR) is 100.0 cm³/mol. The third-order valence-corrected chi connectivity index (χ3v) is 5.03. The van der Waals surface area contributed by atoms with Crippen molar-refractivity contribution < 1.29 is 23.9 Å². The highest BCUT2D eigenvalue weighted by atomic mass is 35.5. The summed E-state index contributed by atoms with van der Waals surface area (Å²) in [5, 5.41) is 11.7. The molecule has 0 radical (unpaired) electrons. The van der Waals surface area contributed by atoms with Crippen molar-refractivity contribution in [3.8, 4) is 5.75 Å². The summed E-state index contributed by atoms with van der Waals surface area (Å²) < 4.78 is 15.8. The molecule has 0 saturated heterocycles. The summed E-state index contributed by atoms with van der Waals surface area (Å²) in [7, 11) is 0. The molecule has 1 aliphatic heterocycles. The van der Waals surface area contributed by atoms with E-state index in [1.54, 1.807) is 12.1 Å². The molecule has 0 fully saturated rings. The molecule has 0 atom stereocenters. The van der Waals surface area contributed by atoms with Crippen molar-refractivity contribution >= 4 is 35.0 Å². The molecule has 2 aromatic rings. The minimum atomic E-state index is -0.497. The van der Waals surface area contributed by atoms with E-state index in [1.165, 1.54) is 23.9 Å². The minimum Gasteiger partial charge on any atom is -0.467 e. The van der Waals surface area contributed by atoms with Gasteiger partial charge in [0, 0.05) is 38.9 Å². The molecule has 1 heterocycles. The number of hydrogen-bond acceptors (Lipinski definition) is 7. The lowest BCUT2D eigenvalue weighted by atomic mass is 10.1. The van der Waals surface area contributed by atoms with Gasteiger partial charge in [-0.05, 0) is 24.3 Å². The average Bonchev–Trinajstić information content (AvgIpc) is 2.67. The summed E-state index contributed by atoms with van der Waals surface area (Å²) in [6.07, 6.45) is 0.217. The van der Waals surface area contributed by atoms with Gasteiger partial charge in [0.1, 0.15) is 12.4 Å². The monoisotopic (exact) mass is 409 g/mol. The van der Waals surface area contributed by atoms with E-state index in [9.17, 15) is 14.9 Å². The van der Waals surface area contributed by atoms with E-state index in [4.69, 9.17) is 25.8 Å². The lowest BCUT2D eigenvalue weighted by molar-refractivity contribution is -0.385. The third kappa shape index (κ3) is 5.35. The van der Waals surface area contributed by atoms with Crippen LogP contribution in [0, 0.1) is 10.1 Å². The number of carbonyl (C=O) groups excluding carboxylic acids is 1. The van der Waals surface area contributed by atoms with Crippen LogP contribution >= 0.6 is 23.4 Å². The molecule has 0 spiro atoms. The molecule has 0 N–H and O–H groups in total. The Balaban J connectivity index is 1.55. The maximum absolute atomic E-state index is 12.0. The Hall–Kier alpha value is -2.29. The van der Waals surface area contributed by atoms with Gasteiger partial charge < -0.3 is 14.2 Å². The number of carbonyl (C=O) groups is 1. The van der Waals surface area contributed by atoms with Crippen molar-refractivity contribution in [2.45, 2.75) is 24.5 Å². The third-order valence-electron chi connectivity index (χ3n) is 3.76. The van der Waals surface area contributed by atoms with Crippen LogP contribution in [-0.4, -0.2) is 23.4 Å². The molecule has 0 aliphatic carbocycles. The standard InChI is InChI=1S/C18H16ClNO6S/c19-14-1-3-16(4-2-14)27-6-5-17(21)25-10-13-8-15(20(22)23)7-12-9-24-11-26-18(12)13/h1-4,7-8H,5-6,9-11H2. The van der Waals surface area contributed by atoms with Gasteiger partial charge in [0.25, 0.3) is 5.69 Å². The predicted octanol–water partition coefficient (Wildman–Crippen LogP) is 4.34. The normalized spacial score (nSPS) is 12.8. The molecule has 0 saturated carbocycles. The first-order valence-electron chi connectivity index (χ1n) is 8.07. The van der Waals surface area contributed by atoms with Crippen molar-refractivity contribution in [1.82, 2.24) is 0 Å². The number of fused-ring (bicyclic) bond motifs is 1. The molecular formula is C18H16ClNO6S. The van der Waals surface area contributed by atoms with Crippen LogP contribution in [-0.2, 0) is 27.5 Å². The number of halogens is 1. The topological polar surface area (TPSA) is 87.9 Å². The Morgan fingerprint density at radius 1 is 1.30 bits per heavy atom. The van der Waals surface area contributed by atoms with Gasteiger partial charge in [-0.15, -0.1) is 11.8 Å². The second kappa shape index (κ2) is 9.07. The maximum atomic E-state index is 12.0. The summed E-state index contributed by atoms with van der Waals surface area (Å²) in [5.74, 6) is 0.650. The molecule has 2 aromatic carbocycles. The summed E-state index contributed by atoms with van der Waals surface area (Å²) in [6, 6.07) is 10.1. The number of non-ortho nitro benzene ring substituents is 1. The highest BCUT2D eigenvalue weighted by Gasteiger charge is 2.21. The van der Waals surface area contributed by atoms with Crippen LogP contribution in [0.4, 0.5) is 5.69 Å². The van der Waals surface area contributed by atoms with Crippen molar-refractivity contribution in [3.05, 3.63) is 62.7 Å². The first-order chi connectivity index (χ1) is 13.0. The number of hydrogen-bond donors (Lipinski definition) is 0. The van der Waals surface area contributed by atoms with Gasteiger partial charge in [0.05, 0.1) is 18.0 Å². The molecule has 9 heteroatoms. The number of nitro groups is 1. The zero-order valence-electron chi connectivity index (χ0n) is 14.2. The summed E-state index contributed by atoms with van der Waals surface area (Å²) in [4.78, 5) is 23.6. The molecule has 142 valence electrons. The quantitative estimate of drug-likeness (QED) is 0.291. The second-order valence-electron chi connectivity index (χ2n) is 5.67. The van der Waals surface area contributed by atoms with Crippen LogP contribution in [0.5, 0.6) is 5.75 Å². The maximum Gasteiger partial charge on any atom is 0.306 e. The van der Waals surface area contributed by atoms with E-state index in [-0.39, 0.29) is 38.1 Å². The Kier molecular flexibility index (Phi) is 6.54. The van der Waals surface area contributed by atoms with Gasteiger partial charge in [-0.2, -0.15) is 0 Å². The lowest BCUT2D eigenvalue weighted by Crippen LogP contribution is -2.15. The highest BCUT2D eigenvalue weighted by Crippen LogP contribution is 2.33. The molecule has 0 unspecified atom stereocenters. The summed E-state index contributed by atoms with van der Waals surface area (Å²) in [5.41, 5.74) is 0.938. The molecule has 0 aromatic heterocycles. The fourth-order valence-electron chi connectivity index (χ4n) is 2.51. The largest absolute Gasteiger partial charge is 0.467 e. The van der Waals surface area contributed by atoms with Crippen molar-refractivity contribution in [1.29, 1.82) is 0 Å². The molecule has 0 amide bonds. The van der Waals surface area contributed by atoms with Gasteiger partial charge in [-0.25, -0.2) is 0 Å². The molecule has 3 rings (SSSR count). The number of esters is 1. The number of nitrogens with zero attached hydrogens (tertiary/aromatic N) is 1. The Labute approximate surface area is 164 Å². The van der Waals surface area contributed by atoms with Crippen LogP contribution in [0.25, 0.3) is 0 Å². The first kappa shape index (κ1) is 19.5. The Morgan fingerprint density at radius 3 is 2.81 bits per heavy atom.